The Bertz CT molecular complexity index is 1660. The molecule has 2 aliphatic rings. The molecule has 0 unspecified atom stereocenters. The highest BCUT2D eigenvalue weighted by Gasteiger charge is 2.38. The third-order valence-electron chi connectivity index (χ3n) is 8.24. The van der Waals surface area contributed by atoms with E-state index in [4.69, 9.17) is 21.6 Å². The summed E-state index contributed by atoms with van der Waals surface area (Å²) in [6.07, 6.45) is 3.04. The van der Waals surface area contributed by atoms with E-state index in [9.17, 15) is 4.79 Å². The van der Waals surface area contributed by atoms with Crippen molar-refractivity contribution in [3.63, 3.8) is 0 Å². The standard InChI is InChI=1S/C29H32ClFN8O/c1-6-21(40)29(3)15-38(10-9-32-29)27-19-11-20(30)23(22-16(2)7-8-17-12-33-36-25(17)22)24(31)26(19)34-28(35-27)39-13-18(14-39)37(4)5/h6-8,11-12,18,32H,1,9-10,13-15H2,2-5H3,(H,33,36)/t29-/m1/s1. The molecule has 0 saturated carbocycles. The van der Waals surface area contributed by atoms with Crippen molar-refractivity contribution in [3.8, 4) is 11.1 Å². The van der Waals surface area contributed by atoms with Crippen LogP contribution in [0.15, 0.2) is 37.1 Å². The predicted octanol–water partition coefficient (Wildman–Crippen LogP) is 3.95. The summed E-state index contributed by atoms with van der Waals surface area (Å²) in [6.45, 7) is 10.4. The molecule has 2 aromatic heterocycles. The van der Waals surface area contributed by atoms with Crippen LogP contribution in [-0.4, -0.2) is 89.2 Å². The largest absolute Gasteiger partial charge is 0.352 e. The van der Waals surface area contributed by atoms with Crippen molar-refractivity contribution in [3.05, 3.63) is 53.5 Å². The lowest BCUT2D eigenvalue weighted by atomic mass is 9.93. The topological polar surface area (TPSA) is 93.3 Å². The molecule has 6 rings (SSSR count). The fourth-order valence-corrected chi connectivity index (χ4v) is 6.01. The van der Waals surface area contributed by atoms with Gasteiger partial charge >= 0.3 is 0 Å². The van der Waals surface area contributed by atoms with Crippen LogP contribution in [0.4, 0.5) is 16.2 Å². The Morgan fingerprint density at radius 3 is 2.75 bits per heavy atom. The monoisotopic (exact) mass is 562 g/mol. The molecule has 1 atom stereocenters. The van der Waals surface area contributed by atoms with E-state index in [1.165, 1.54) is 6.08 Å². The molecular formula is C29H32ClFN8O. The molecule has 0 spiro atoms. The van der Waals surface area contributed by atoms with Gasteiger partial charge in [-0.25, -0.2) is 9.37 Å². The number of piperazine rings is 1. The normalized spacial score (nSPS) is 20.0. The third-order valence-corrected chi connectivity index (χ3v) is 8.53. The predicted molar refractivity (Wildman–Crippen MR) is 158 cm³/mol. The second kappa shape index (κ2) is 9.79. The number of aryl methyl sites for hydroxylation is 1. The number of nitrogens with one attached hydrogen (secondary N) is 2. The minimum absolute atomic E-state index is 0.109. The van der Waals surface area contributed by atoms with Crippen LogP contribution in [0.25, 0.3) is 32.9 Å². The summed E-state index contributed by atoms with van der Waals surface area (Å²) in [4.78, 5) is 28.7. The lowest BCUT2D eigenvalue weighted by Crippen LogP contribution is -2.63. The molecule has 208 valence electrons. The van der Waals surface area contributed by atoms with Crippen molar-refractivity contribution in [2.24, 2.45) is 0 Å². The maximum absolute atomic E-state index is 16.7. The van der Waals surface area contributed by atoms with E-state index in [1.807, 2.05) is 45.0 Å². The Morgan fingerprint density at radius 1 is 1.25 bits per heavy atom. The first-order chi connectivity index (χ1) is 19.1. The van der Waals surface area contributed by atoms with Gasteiger partial charge in [0.05, 0.1) is 22.3 Å². The third kappa shape index (κ3) is 4.22. The summed E-state index contributed by atoms with van der Waals surface area (Å²) in [7, 11) is 4.08. The molecule has 9 nitrogen and oxygen atoms in total. The van der Waals surface area contributed by atoms with Crippen LogP contribution in [-0.2, 0) is 4.79 Å². The molecule has 2 N–H and O–H groups in total. The van der Waals surface area contributed by atoms with Crippen molar-refractivity contribution >= 4 is 51.0 Å². The van der Waals surface area contributed by atoms with Gasteiger partial charge in [-0.3, -0.25) is 9.89 Å². The number of fused-ring (bicyclic) bond motifs is 2. The zero-order valence-electron chi connectivity index (χ0n) is 23.1. The molecule has 4 heterocycles. The number of carbonyl (C=O) groups is 1. The van der Waals surface area contributed by atoms with Gasteiger partial charge in [-0.1, -0.05) is 30.3 Å². The minimum Gasteiger partial charge on any atom is -0.352 e. The van der Waals surface area contributed by atoms with E-state index in [2.05, 4.69) is 31.9 Å². The van der Waals surface area contributed by atoms with Gasteiger partial charge in [0.25, 0.3) is 0 Å². The Balaban J connectivity index is 1.56. The first-order valence-corrected chi connectivity index (χ1v) is 13.7. The van der Waals surface area contributed by atoms with Crippen molar-refractivity contribution in [1.29, 1.82) is 0 Å². The number of aromatic nitrogens is 4. The van der Waals surface area contributed by atoms with Gasteiger partial charge in [-0.15, -0.1) is 0 Å². The van der Waals surface area contributed by atoms with Crippen molar-refractivity contribution in [2.45, 2.75) is 25.4 Å². The highest BCUT2D eigenvalue weighted by Crippen LogP contribution is 2.42. The van der Waals surface area contributed by atoms with E-state index < -0.39 is 11.4 Å². The SMILES string of the molecule is C=CC(=O)[C@@]1(C)CN(c2nc(N3CC(N(C)C)C3)nc3c(F)c(-c4c(C)ccc5cn[nH]c45)c(Cl)cc23)CCN1. The van der Waals surface area contributed by atoms with Gasteiger partial charge in [0.15, 0.2) is 11.6 Å². The Labute approximate surface area is 237 Å². The van der Waals surface area contributed by atoms with Gasteiger partial charge in [-0.2, -0.15) is 10.1 Å². The number of H-pyrrole nitrogens is 1. The summed E-state index contributed by atoms with van der Waals surface area (Å²) in [5, 5.41) is 12.1. The van der Waals surface area contributed by atoms with E-state index in [1.54, 1.807) is 12.3 Å². The molecule has 0 bridgehead atoms. The van der Waals surface area contributed by atoms with E-state index in [0.29, 0.717) is 53.9 Å². The summed E-state index contributed by atoms with van der Waals surface area (Å²) in [5.74, 6) is 0.394. The van der Waals surface area contributed by atoms with Gasteiger partial charge in [0.1, 0.15) is 11.3 Å². The second-order valence-electron chi connectivity index (χ2n) is 11.2. The number of rotatable bonds is 6. The van der Waals surface area contributed by atoms with E-state index in [-0.39, 0.29) is 21.9 Å². The van der Waals surface area contributed by atoms with Gasteiger partial charge in [0.2, 0.25) is 5.95 Å². The van der Waals surface area contributed by atoms with Crippen molar-refractivity contribution < 1.29 is 9.18 Å². The first-order valence-electron chi connectivity index (χ1n) is 13.3. The maximum Gasteiger partial charge on any atom is 0.228 e. The van der Waals surface area contributed by atoms with Crippen LogP contribution in [0.2, 0.25) is 5.02 Å². The number of carbonyl (C=O) groups excluding carboxylic acids is 1. The lowest BCUT2D eigenvalue weighted by Gasteiger charge is -2.44. The number of hydrogen-bond donors (Lipinski definition) is 2. The molecule has 0 amide bonds. The average molecular weight is 563 g/mol. The zero-order chi connectivity index (χ0) is 28.3. The van der Waals surface area contributed by atoms with E-state index in [0.717, 1.165) is 24.0 Å². The summed E-state index contributed by atoms with van der Waals surface area (Å²) in [6, 6.07) is 5.99. The Kier molecular flexibility index (Phi) is 6.52. The molecule has 4 aromatic rings. The molecule has 40 heavy (non-hydrogen) atoms. The van der Waals surface area contributed by atoms with Gasteiger partial charge < -0.3 is 20.0 Å². The Hall–Kier alpha value is -3.60. The van der Waals surface area contributed by atoms with Crippen LogP contribution >= 0.6 is 11.6 Å². The Morgan fingerprint density at radius 2 is 2.02 bits per heavy atom. The number of nitrogens with zero attached hydrogens (tertiary/aromatic N) is 6. The average Bonchev–Trinajstić information content (AvgIpc) is 3.37. The summed E-state index contributed by atoms with van der Waals surface area (Å²) >= 11 is 6.87. The molecule has 2 saturated heterocycles. The van der Waals surface area contributed by atoms with Crippen LogP contribution in [0, 0.1) is 12.7 Å². The van der Waals surface area contributed by atoms with Crippen molar-refractivity contribution in [1.82, 2.24) is 30.4 Å². The smallest absolute Gasteiger partial charge is 0.228 e. The maximum atomic E-state index is 16.7. The number of likely N-dealkylation sites (N-methyl/N-ethyl adjacent to an activating group) is 1. The molecule has 11 heteroatoms. The number of hydrogen-bond acceptors (Lipinski definition) is 8. The molecule has 0 aliphatic carbocycles. The molecule has 2 aromatic carbocycles. The zero-order valence-corrected chi connectivity index (χ0v) is 23.8. The highest BCUT2D eigenvalue weighted by molar-refractivity contribution is 6.35. The molecule has 0 radical (unpaired) electrons. The lowest BCUT2D eigenvalue weighted by molar-refractivity contribution is -0.120. The summed E-state index contributed by atoms with van der Waals surface area (Å²) < 4.78 is 16.7. The number of aromatic amines is 1. The van der Waals surface area contributed by atoms with E-state index >= 15 is 4.39 Å². The quantitative estimate of drug-likeness (QED) is 0.341. The highest BCUT2D eigenvalue weighted by atomic mass is 35.5. The molecule has 2 fully saturated rings. The van der Waals surface area contributed by atoms with Crippen LogP contribution in [0.5, 0.6) is 0 Å². The summed E-state index contributed by atoms with van der Waals surface area (Å²) in [5.41, 5.74) is 1.86. The second-order valence-corrected chi connectivity index (χ2v) is 11.6. The number of ketones is 1. The fourth-order valence-electron chi connectivity index (χ4n) is 5.72. The van der Waals surface area contributed by atoms with Gasteiger partial charge in [-0.05, 0) is 45.6 Å². The molecule has 2 aliphatic heterocycles. The minimum atomic E-state index is -0.847. The van der Waals surface area contributed by atoms with Crippen molar-refractivity contribution in [2.75, 3.05) is 56.6 Å². The number of halogens is 2. The molecular weight excluding hydrogens is 531 g/mol. The number of benzene rings is 2. The first kappa shape index (κ1) is 26.6. The van der Waals surface area contributed by atoms with Gasteiger partial charge in [0, 0.05) is 60.7 Å². The fraction of sp³-hybridized carbons (Fsp3) is 0.379. The van der Waals surface area contributed by atoms with Crippen LogP contribution in [0.1, 0.15) is 12.5 Å². The van der Waals surface area contributed by atoms with Crippen LogP contribution < -0.4 is 15.1 Å². The number of anilines is 2. The van der Waals surface area contributed by atoms with Crippen LogP contribution in [0.3, 0.4) is 0 Å².